The van der Waals surface area contributed by atoms with E-state index in [1.54, 1.807) is 7.11 Å². The van der Waals surface area contributed by atoms with Crippen molar-refractivity contribution in [2.24, 2.45) is 0 Å². The average molecular weight is 235 g/mol. The lowest BCUT2D eigenvalue weighted by Crippen LogP contribution is -2.30. The van der Waals surface area contributed by atoms with Crippen LogP contribution in [0.15, 0.2) is 0 Å². The summed E-state index contributed by atoms with van der Waals surface area (Å²) in [4.78, 5) is 0. The number of likely N-dealkylation sites (N-methyl/N-ethyl adjacent to an activating group) is 1. The van der Waals surface area contributed by atoms with Crippen LogP contribution in [0.5, 0.6) is 0 Å². The summed E-state index contributed by atoms with van der Waals surface area (Å²) < 4.78 is 15.7. The molecule has 0 amide bonds. The zero-order valence-corrected chi connectivity index (χ0v) is 10.7. The largest absolute Gasteiger partial charge is 0.388 e. The molecule has 0 aromatic rings. The first-order valence-electron chi connectivity index (χ1n) is 5.65. The normalized spacial score (nSPS) is 17.1. The van der Waals surface area contributed by atoms with E-state index in [9.17, 15) is 5.11 Å². The second-order valence-corrected chi connectivity index (χ2v) is 3.95. The topological polar surface area (TPSA) is 60.0 Å². The van der Waals surface area contributed by atoms with Crippen LogP contribution >= 0.6 is 0 Å². The van der Waals surface area contributed by atoms with Crippen LogP contribution in [0.1, 0.15) is 13.8 Å². The SMILES string of the molecule is CNCC(C)OCC(O)COC(C)COC. The first kappa shape index (κ1) is 15.8. The van der Waals surface area contributed by atoms with E-state index in [2.05, 4.69) is 5.32 Å². The van der Waals surface area contributed by atoms with E-state index in [4.69, 9.17) is 14.2 Å². The van der Waals surface area contributed by atoms with E-state index in [-0.39, 0.29) is 18.8 Å². The Bertz CT molecular complexity index is 141. The van der Waals surface area contributed by atoms with Crippen LogP contribution in [0.2, 0.25) is 0 Å². The van der Waals surface area contributed by atoms with Crippen molar-refractivity contribution in [2.75, 3.05) is 40.5 Å². The summed E-state index contributed by atoms with van der Waals surface area (Å²) in [5.74, 6) is 0. The molecule has 98 valence electrons. The highest BCUT2D eigenvalue weighted by Gasteiger charge is 2.10. The highest BCUT2D eigenvalue weighted by molar-refractivity contribution is 4.58. The molecule has 0 bridgehead atoms. The minimum atomic E-state index is -0.585. The lowest BCUT2D eigenvalue weighted by atomic mass is 10.3. The number of ether oxygens (including phenoxy) is 3. The summed E-state index contributed by atoms with van der Waals surface area (Å²) >= 11 is 0. The quantitative estimate of drug-likeness (QED) is 0.559. The minimum Gasteiger partial charge on any atom is -0.388 e. The lowest BCUT2D eigenvalue weighted by Gasteiger charge is -2.18. The van der Waals surface area contributed by atoms with E-state index in [1.165, 1.54) is 0 Å². The van der Waals surface area contributed by atoms with Gasteiger partial charge in [-0.15, -0.1) is 0 Å². The van der Waals surface area contributed by atoms with Crippen molar-refractivity contribution < 1.29 is 19.3 Å². The molecule has 3 unspecified atom stereocenters. The van der Waals surface area contributed by atoms with Gasteiger partial charge in [-0.05, 0) is 20.9 Å². The van der Waals surface area contributed by atoms with Gasteiger partial charge < -0.3 is 24.6 Å². The van der Waals surface area contributed by atoms with Crippen molar-refractivity contribution in [2.45, 2.75) is 32.2 Å². The summed E-state index contributed by atoms with van der Waals surface area (Å²) in [6.45, 7) is 5.73. The third kappa shape index (κ3) is 9.06. The Balaban J connectivity index is 3.46. The molecule has 0 spiro atoms. The maximum absolute atomic E-state index is 9.57. The molecule has 0 aliphatic carbocycles. The van der Waals surface area contributed by atoms with Gasteiger partial charge in [-0.1, -0.05) is 0 Å². The number of nitrogens with one attached hydrogen (secondary N) is 1. The zero-order valence-electron chi connectivity index (χ0n) is 10.7. The molecule has 0 rings (SSSR count). The van der Waals surface area contributed by atoms with Crippen LogP contribution in [0.25, 0.3) is 0 Å². The molecular formula is C11H25NO4. The fourth-order valence-corrected chi connectivity index (χ4v) is 1.23. The summed E-state index contributed by atoms with van der Waals surface area (Å²) in [5, 5.41) is 12.6. The van der Waals surface area contributed by atoms with E-state index < -0.39 is 6.10 Å². The van der Waals surface area contributed by atoms with Crippen molar-refractivity contribution in [1.29, 1.82) is 0 Å². The summed E-state index contributed by atoms with van der Waals surface area (Å²) in [5.41, 5.74) is 0. The molecule has 0 heterocycles. The van der Waals surface area contributed by atoms with Crippen molar-refractivity contribution in [3.05, 3.63) is 0 Å². The van der Waals surface area contributed by atoms with Gasteiger partial charge in [0.25, 0.3) is 0 Å². The molecular weight excluding hydrogens is 210 g/mol. The Hall–Kier alpha value is -0.200. The van der Waals surface area contributed by atoms with E-state index >= 15 is 0 Å². The number of aliphatic hydroxyl groups is 1. The maximum Gasteiger partial charge on any atom is 0.101 e. The molecule has 16 heavy (non-hydrogen) atoms. The van der Waals surface area contributed by atoms with Gasteiger partial charge in [0.1, 0.15) is 6.10 Å². The Morgan fingerprint density at radius 1 is 1.06 bits per heavy atom. The van der Waals surface area contributed by atoms with Gasteiger partial charge >= 0.3 is 0 Å². The molecule has 0 aromatic carbocycles. The molecule has 5 heteroatoms. The Kier molecular flexibility index (Phi) is 9.86. The second kappa shape index (κ2) is 9.99. The van der Waals surface area contributed by atoms with Crippen LogP contribution < -0.4 is 5.32 Å². The minimum absolute atomic E-state index is 0.00520. The van der Waals surface area contributed by atoms with E-state index in [1.807, 2.05) is 20.9 Å². The van der Waals surface area contributed by atoms with Crippen molar-refractivity contribution >= 4 is 0 Å². The molecule has 5 nitrogen and oxygen atoms in total. The average Bonchev–Trinajstić information content (AvgIpc) is 2.24. The number of methoxy groups -OCH3 is 1. The van der Waals surface area contributed by atoms with Gasteiger partial charge in [0, 0.05) is 13.7 Å². The van der Waals surface area contributed by atoms with E-state index in [0.717, 1.165) is 6.54 Å². The molecule has 0 fully saturated rings. The Morgan fingerprint density at radius 3 is 2.12 bits per heavy atom. The van der Waals surface area contributed by atoms with Gasteiger partial charge in [0.2, 0.25) is 0 Å². The Labute approximate surface area is 98.1 Å². The number of aliphatic hydroxyl groups excluding tert-OH is 1. The first-order valence-corrected chi connectivity index (χ1v) is 5.65. The van der Waals surface area contributed by atoms with Crippen LogP contribution in [0.4, 0.5) is 0 Å². The Morgan fingerprint density at radius 2 is 1.62 bits per heavy atom. The van der Waals surface area contributed by atoms with Gasteiger partial charge in [0.15, 0.2) is 0 Å². The predicted molar refractivity (Wildman–Crippen MR) is 62.6 cm³/mol. The molecule has 3 atom stereocenters. The van der Waals surface area contributed by atoms with Gasteiger partial charge in [-0.3, -0.25) is 0 Å². The summed E-state index contributed by atoms with van der Waals surface area (Å²) in [7, 11) is 3.49. The number of hydrogen-bond donors (Lipinski definition) is 2. The molecule has 0 saturated carbocycles. The van der Waals surface area contributed by atoms with Crippen LogP contribution in [-0.2, 0) is 14.2 Å². The highest BCUT2D eigenvalue weighted by Crippen LogP contribution is 1.97. The monoisotopic (exact) mass is 235 g/mol. The molecule has 0 aliphatic heterocycles. The third-order valence-corrected chi connectivity index (χ3v) is 2.04. The molecule has 0 radical (unpaired) electrons. The van der Waals surface area contributed by atoms with Crippen molar-refractivity contribution in [3.8, 4) is 0 Å². The number of hydrogen-bond acceptors (Lipinski definition) is 5. The van der Waals surface area contributed by atoms with Crippen LogP contribution in [0.3, 0.4) is 0 Å². The van der Waals surface area contributed by atoms with Crippen molar-refractivity contribution in [1.82, 2.24) is 5.32 Å². The molecule has 0 aliphatic rings. The maximum atomic E-state index is 9.57. The molecule has 2 N–H and O–H groups in total. The fraction of sp³-hybridized carbons (Fsp3) is 1.00. The predicted octanol–water partition coefficient (Wildman–Crippen LogP) is 0.0233. The van der Waals surface area contributed by atoms with Crippen molar-refractivity contribution in [3.63, 3.8) is 0 Å². The standard InChI is InChI=1S/C11H25NO4/c1-9(5-12-3)15-7-11(13)8-16-10(2)6-14-4/h9-13H,5-8H2,1-4H3. The van der Waals surface area contributed by atoms with Gasteiger partial charge in [-0.2, -0.15) is 0 Å². The fourth-order valence-electron chi connectivity index (χ4n) is 1.23. The zero-order chi connectivity index (χ0) is 12.4. The lowest BCUT2D eigenvalue weighted by molar-refractivity contribution is -0.0670. The van der Waals surface area contributed by atoms with Gasteiger partial charge in [0.05, 0.1) is 32.0 Å². The first-order chi connectivity index (χ1) is 7.60. The number of rotatable bonds is 10. The smallest absolute Gasteiger partial charge is 0.101 e. The van der Waals surface area contributed by atoms with Gasteiger partial charge in [-0.25, -0.2) is 0 Å². The second-order valence-electron chi connectivity index (χ2n) is 3.95. The molecule has 0 aromatic heterocycles. The van der Waals surface area contributed by atoms with Crippen LogP contribution in [0, 0.1) is 0 Å². The molecule has 0 saturated heterocycles. The summed E-state index contributed by atoms with van der Waals surface area (Å²) in [6.07, 6.45) is -0.496. The summed E-state index contributed by atoms with van der Waals surface area (Å²) in [6, 6.07) is 0. The van der Waals surface area contributed by atoms with E-state index in [0.29, 0.717) is 13.2 Å². The van der Waals surface area contributed by atoms with Crippen LogP contribution in [-0.4, -0.2) is 63.9 Å². The third-order valence-electron chi connectivity index (χ3n) is 2.04. The highest BCUT2D eigenvalue weighted by atomic mass is 16.5.